The van der Waals surface area contributed by atoms with Crippen LogP contribution in [0, 0.1) is 0 Å². The van der Waals surface area contributed by atoms with Crippen LogP contribution in [-0.4, -0.2) is 37.6 Å². The molecule has 2 rings (SSSR count). The molecule has 0 aromatic heterocycles. The second-order valence-corrected chi connectivity index (χ2v) is 8.13. The first-order chi connectivity index (χ1) is 8.80. The molecule has 19 heavy (non-hydrogen) atoms. The summed E-state index contributed by atoms with van der Waals surface area (Å²) in [6.45, 7) is 4.15. The SMILES string of the molecule is CC(O)c1ccc(N2CCS(=O)(=O)CC2C)c(Br)c1. The molecule has 0 amide bonds. The van der Waals surface area contributed by atoms with Gasteiger partial charge in [-0.3, -0.25) is 0 Å². The number of halogens is 1. The van der Waals surface area contributed by atoms with Crippen molar-refractivity contribution in [3.63, 3.8) is 0 Å². The summed E-state index contributed by atoms with van der Waals surface area (Å²) in [5.74, 6) is 0.388. The van der Waals surface area contributed by atoms with Crippen LogP contribution in [0.15, 0.2) is 22.7 Å². The van der Waals surface area contributed by atoms with Crippen LogP contribution in [0.2, 0.25) is 0 Å². The second kappa shape index (κ2) is 5.42. The maximum atomic E-state index is 11.6. The maximum Gasteiger partial charge on any atom is 0.154 e. The summed E-state index contributed by atoms with van der Waals surface area (Å²) < 4.78 is 24.1. The highest BCUT2D eigenvalue weighted by Gasteiger charge is 2.29. The topological polar surface area (TPSA) is 57.6 Å². The molecule has 1 aliphatic rings. The number of benzene rings is 1. The molecule has 1 saturated heterocycles. The van der Waals surface area contributed by atoms with Gasteiger partial charge in [-0.2, -0.15) is 0 Å². The molecule has 1 aliphatic heterocycles. The van der Waals surface area contributed by atoms with E-state index in [1.165, 1.54) is 0 Å². The van der Waals surface area contributed by atoms with Gasteiger partial charge in [0.1, 0.15) is 0 Å². The zero-order valence-electron chi connectivity index (χ0n) is 11.0. The Morgan fingerprint density at radius 1 is 1.47 bits per heavy atom. The zero-order chi connectivity index (χ0) is 14.2. The number of nitrogens with zero attached hydrogens (tertiary/aromatic N) is 1. The van der Waals surface area contributed by atoms with Crippen molar-refractivity contribution in [2.45, 2.75) is 26.0 Å². The summed E-state index contributed by atoms with van der Waals surface area (Å²) in [6.07, 6.45) is -0.510. The van der Waals surface area contributed by atoms with Crippen molar-refractivity contribution < 1.29 is 13.5 Å². The second-order valence-electron chi connectivity index (χ2n) is 5.04. The quantitative estimate of drug-likeness (QED) is 0.890. The van der Waals surface area contributed by atoms with E-state index < -0.39 is 15.9 Å². The highest BCUT2D eigenvalue weighted by atomic mass is 79.9. The number of hydrogen-bond acceptors (Lipinski definition) is 4. The highest BCUT2D eigenvalue weighted by molar-refractivity contribution is 9.10. The molecule has 0 spiro atoms. The van der Waals surface area contributed by atoms with Crippen LogP contribution >= 0.6 is 15.9 Å². The predicted molar refractivity (Wildman–Crippen MR) is 80.2 cm³/mol. The Morgan fingerprint density at radius 2 is 2.16 bits per heavy atom. The molecule has 0 radical (unpaired) electrons. The molecule has 1 heterocycles. The molecule has 106 valence electrons. The molecule has 1 aromatic rings. The lowest BCUT2D eigenvalue weighted by molar-refractivity contribution is 0.199. The van der Waals surface area contributed by atoms with E-state index >= 15 is 0 Å². The van der Waals surface area contributed by atoms with E-state index in [2.05, 4.69) is 20.8 Å². The van der Waals surface area contributed by atoms with E-state index in [0.29, 0.717) is 6.54 Å². The van der Waals surface area contributed by atoms with Crippen molar-refractivity contribution in [1.82, 2.24) is 0 Å². The van der Waals surface area contributed by atoms with Gasteiger partial charge < -0.3 is 10.0 Å². The Hall–Kier alpha value is -0.590. The van der Waals surface area contributed by atoms with Crippen molar-refractivity contribution in [2.75, 3.05) is 23.0 Å². The van der Waals surface area contributed by atoms with Gasteiger partial charge in [0.15, 0.2) is 9.84 Å². The van der Waals surface area contributed by atoms with Crippen LogP contribution in [0.3, 0.4) is 0 Å². The fourth-order valence-corrected chi connectivity index (χ4v) is 4.55. The van der Waals surface area contributed by atoms with E-state index in [0.717, 1.165) is 15.7 Å². The molecule has 1 fully saturated rings. The van der Waals surface area contributed by atoms with Gasteiger partial charge in [0.05, 0.1) is 23.3 Å². The Balaban J connectivity index is 2.28. The van der Waals surface area contributed by atoms with Gasteiger partial charge in [-0.05, 0) is 47.5 Å². The molecule has 0 saturated carbocycles. The number of rotatable bonds is 2. The van der Waals surface area contributed by atoms with Gasteiger partial charge >= 0.3 is 0 Å². The fraction of sp³-hybridized carbons (Fsp3) is 0.538. The third kappa shape index (κ3) is 3.30. The highest BCUT2D eigenvalue weighted by Crippen LogP contribution is 2.32. The molecule has 0 aliphatic carbocycles. The normalized spacial score (nSPS) is 24.2. The first kappa shape index (κ1) is 14.8. The number of hydrogen-bond donors (Lipinski definition) is 1. The summed E-state index contributed by atoms with van der Waals surface area (Å²) in [6, 6.07) is 5.66. The van der Waals surface area contributed by atoms with Gasteiger partial charge in [-0.25, -0.2) is 8.42 Å². The molecule has 0 bridgehead atoms. The van der Waals surface area contributed by atoms with Crippen LogP contribution < -0.4 is 4.90 Å². The van der Waals surface area contributed by atoms with Crippen molar-refractivity contribution in [2.24, 2.45) is 0 Å². The molecule has 2 atom stereocenters. The minimum absolute atomic E-state index is 0.0348. The fourth-order valence-electron chi connectivity index (χ4n) is 2.37. The minimum atomic E-state index is -2.90. The molecular formula is C13H18BrNO3S. The van der Waals surface area contributed by atoms with E-state index in [9.17, 15) is 13.5 Å². The predicted octanol–water partition coefficient (Wildman–Crippen LogP) is 2.13. The van der Waals surface area contributed by atoms with Crippen LogP contribution in [-0.2, 0) is 9.84 Å². The van der Waals surface area contributed by atoms with Crippen molar-refractivity contribution >= 4 is 31.5 Å². The number of anilines is 1. The molecule has 4 nitrogen and oxygen atoms in total. The van der Waals surface area contributed by atoms with Crippen LogP contribution in [0.4, 0.5) is 5.69 Å². The Morgan fingerprint density at radius 3 is 2.68 bits per heavy atom. The van der Waals surface area contributed by atoms with Crippen LogP contribution in [0.1, 0.15) is 25.5 Å². The van der Waals surface area contributed by atoms with E-state index in [1.807, 2.05) is 25.1 Å². The summed E-state index contributed by atoms with van der Waals surface area (Å²) in [5.41, 5.74) is 1.82. The minimum Gasteiger partial charge on any atom is -0.389 e. The third-order valence-electron chi connectivity index (χ3n) is 3.43. The van der Waals surface area contributed by atoms with Gasteiger partial charge in [0.25, 0.3) is 0 Å². The molecule has 6 heteroatoms. The lowest BCUT2D eigenvalue weighted by Gasteiger charge is -2.35. The maximum absolute atomic E-state index is 11.6. The standard InChI is InChI=1S/C13H18BrNO3S/c1-9-8-19(17,18)6-5-15(9)13-4-3-11(10(2)16)7-12(13)14/h3-4,7,9-10,16H,5-6,8H2,1-2H3. The third-order valence-corrected chi connectivity index (χ3v) is 5.86. The van der Waals surface area contributed by atoms with E-state index in [1.54, 1.807) is 6.92 Å². The van der Waals surface area contributed by atoms with Crippen LogP contribution in [0.5, 0.6) is 0 Å². The smallest absolute Gasteiger partial charge is 0.154 e. The summed E-state index contributed by atoms with van der Waals surface area (Å²) in [5, 5.41) is 9.56. The first-order valence-corrected chi connectivity index (χ1v) is 8.86. The first-order valence-electron chi connectivity index (χ1n) is 6.25. The van der Waals surface area contributed by atoms with Crippen molar-refractivity contribution in [1.29, 1.82) is 0 Å². The Labute approximate surface area is 122 Å². The lowest BCUT2D eigenvalue weighted by atomic mass is 10.1. The molecule has 1 aromatic carbocycles. The van der Waals surface area contributed by atoms with Gasteiger partial charge in [-0.1, -0.05) is 6.07 Å². The lowest BCUT2D eigenvalue weighted by Crippen LogP contribution is -2.47. The monoisotopic (exact) mass is 347 g/mol. The Bertz CT molecular complexity index is 571. The summed E-state index contributed by atoms with van der Waals surface area (Å²) in [7, 11) is -2.90. The van der Waals surface area contributed by atoms with Crippen molar-refractivity contribution in [3.05, 3.63) is 28.2 Å². The molecule has 1 N–H and O–H groups in total. The largest absolute Gasteiger partial charge is 0.389 e. The molecular weight excluding hydrogens is 330 g/mol. The Kier molecular flexibility index (Phi) is 4.23. The average Bonchev–Trinajstić information content (AvgIpc) is 2.29. The van der Waals surface area contributed by atoms with Gasteiger partial charge in [0, 0.05) is 17.1 Å². The van der Waals surface area contributed by atoms with Gasteiger partial charge in [-0.15, -0.1) is 0 Å². The average molecular weight is 348 g/mol. The number of sulfone groups is 1. The summed E-state index contributed by atoms with van der Waals surface area (Å²) >= 11 is 3.50. The van der Waals surface area contributed by atoms with E-state index in [4.69, 9.17) is 0 Å². The van der Waals surface area contributed by atoms with Crippen LogP contribution in [0.25, 0.3) is 0 Å². The summed E-state index contributed by atoms with van der Waals surface area (Å²) in [4.78, 5) is 2.09. The number of aliphatic hydroxyl groups excluding tert-OH is 1. The zero-order valence-corrected chi connectivity index (χ0v) is 13.4. The molecule has 2 unspecified atom stereocenters. The number of aliphatic hydroxyl groups is 1. The van der Waals surface area contributed by atoms with Crippen molar-refractivity contribution in [3.8, 4) is 0 Å². The van der Waals surface area contributed by atoms with Gasteiger partial charge in [0.2, 0.25) is 0 Å². The van der Waals surface area contributed by atoms with E-state index in [-0.39, 0.29) is 17.5 Å².